The summed E-state index contributed by atoms with van der Waals surface area (Å²) in [5, 5.41) is 0. The smallest absolute Gasteiger partial charge is 0.164 e. The van der Waals surface area contributed by atoms with Crippen LogP contribution in [0.1, 0.15) is 52.4 Å². The van der Waals surface area contributed by atoms with Gasteiger partial charge in [-0.3, -0.25) is 4.79 Å². The van der Waals surface area contributed by atoms with Crippen LogP contribution in [-0.2, 0) is 9.53 Å². The molecule has 0 aromatic rings. The van der Waals surface area contributed by atoms with Crippen LogP contribution in [0, 0.1) is 5.92 Å². The summed E-state index contributed by atoms with van der Waals surface area (Å²) in [4.78, 5) is 11.8. The maximum atomic E-state index is 11.8. The minimum absolute atomic E-state index is 0.287. The lowest BCUT2D eigenvalue weighted by Gasteiger charge is -2.37. The number of rotatable bonds is 4. The molecule has 1 saturated carbocycles. The fourth-order valence-electron chi connectivity index (χ4n) is 2.47. The Kier molecular flexibility index (Phi) is 4.11. The highest BCUT2D eigenvalue weighted by Gasteiger charge is 2.40. The van der Waals surface area contributed by atoms with E-state index in [1.54, 1.807) is 7.11 Å². The molecular formula is C12H22O2. The third-order valence-electron chi connectivity index (χ3n) is 3.71. The molecule has 1 fully saturated rings. The monoisotopic (exact) mass is 198 g/mol. The zero-order chi connectivity index (χ0) is 10.6. The molecule has 0 bridgehead atoms. The third-order valence-corrected chi connectivity index (χ3v) is 3.71. The zero-order valence-corrected chi connectivity index (χ0v) is 9.64. The molecule has 0 atom stereocenters. The largest absolute Gasteiger partial charge is 0.370 e. The molecular weight excluding hydrogens is 176 g/mol. The molecule has 2 nitrogen and oxygen atoms in total. The molecule has 0 spiro atoms. The average molecular weight is 198 g/mol. The summed E-state index contributed by atoms with van der Waals surface area (Å²) in [5.41, 5.74) is -0.430. The summed E-state index contributed by atoms with van der Waals surface area (Å²) in [6.45, 7) is 4.15. The van der Waals surface area contributed by atoms with E-state index < -0.39 is 5.60 Å². The molecule has 0 unspecified atom stereocenters. The molecule has 1 aliphatic rings. The van der Waals surface area contributed by atoms with Crippen LogP contribution in [0.5, 0.6) is 0 Å². The average Bonchev–Trinajstić information content (AvgIpc) is 2.28. The van der Waals surface area contributed by atoms with Gasteiger partial charge in [-0.05, 0) is 31.6 Å². The number of carbonyl (C=O) groups is 1. The maximum Gasteiger partial charge on any atom is 0.164 e. The Morgan fingerprint density at radius 2 is 1.93 bits per heavy atom. The summed E-state index contributed by atoms with van der Waals surface area (Å²) < 4.78 is 5.47. The highest BCUT2D eigenvalue weighted by molar-refractivity contribution is 5.87. The van der Waals surface area contributed by atoms with Crippen molar-refractivity contribution >= 4 is 5.78 Å². The Morgan fingerprint density at radius 1 is 1.36 bits per heavy atom. The van der Waals surface area contributed by atoms with Crippen molar-refractivity contribution in [1.29, 1.82) is 0 Å². The minimum atomic E-state index is -0.430. The Bertz CT molecular complexity index is 190. The van der Waals surface area contributed by atoms with Gasteiger partial charge in [0.25, 0.3) is 0 Å². The molecule has 2 heteroatoms. The van der Waals surface area contributed by atoms with Gasteiger partial charge in [0.2, 0.25) is 0 Å². The van der Waals surface area contributed by atoms with Crippen LogP contribution in [0.15, 0.2) is 0 Å². The van der Waals surface area contributed by atoms with Gasteiger partial charge >= 0.3 is 0 Å². The van der Waals surface area contributed by atoms with Crippen molar-refractivity contribution in [3.8, 4) is 0 Å². The number of hydrogen-bond donors (Lipinski definition) is 0. The standard InChI is InChI=1S/C12H22O2/c1-4-10-6-8-12(14-3,9-7-10)11(13)5-2/h10H,4-9H2,1-3H3. The zero-order valence-electron chi connectivity index (χ0n) is 9.64. The van der Waals surface area contributed by atoms with Gasteiger partial charge in [-0.15, -0.1) is 0 Å². The summed E-state index contributed by atoms with van der Waals surface area (Å²) in [5.74, 6) is 1.09. The number of Topliss-reactive ketones (excluding diaryl/α,β-unsaturated/α-hetero) is 1. The SMILES string of the molecule is CCC(=O)C1(OC)CCC(CC)CC1. The van der Waals surface area contributed by atoms with Gasteiger partial charge in [0.15, 0.2) is 5.78 Å². The molecule has 82 valence electrons. The Hall–Kier alpha value is -0.370. The predicted molar refractivity (Wildman–Crippen MR) is 57.3 cm³/mol. The van der Waals surface area contributed by atoms with E-state index >= 15 is 0 Å². The molecule has 1 rings (SSSR count). The van der Waals surface area contributed by atoms with E-state index in [-0.39, 0.29) is 5.78 Å². The predicted octanol–water partition coefficient (Wildman–Crippen LogP) is 2.95. The summed E-state index contributed by atoms with van der Waals surface area (Å²) in [6, 6.07) is 0. The summed E-state index contributed by atoms with van der Waals surface area (Å²) in [7, 11) is 1.68. The summed E-state index contributed by atoms with van der Waals surface area (Å²) in [6.07, 6.45) is 5.99. The van der Waals surface area contributed by atoms with Crippen LogP contribution in [-0.4, -0.2) is 18.5 Å². The van der Waals surface area contributed by atoms with Crippen molar-refractivity contribution in [3.63, 3.8) is 0 Å². The van der Waals surface area contributed by atoms with E-state index in [0.717, 1.165) is 31.6 Å². The first-order valence-corrected chi connectivity index (χ1v) is 5.77. The van der Waals surface area contributed by atoms with Gasteiger partial charge in [-0.2, -0.15) is 0 Å². The second kappa shape index (κ2) is 4.92. The normalized spacial score (nSPS) is 32.9. The lowest BCUT2D eigenvalue weighted by atomic mass is 9.75. The van der Waals surface area contributed by atoms with Gasteiger partial charge in [0, 0.05) is 13.5 Å². The molecule has 0 N–H and O–H groups in total. The molecule has 0 aliphatic heterocycles. The van der Waals surface area contributed by atoms with E-state index in [1.165, 1.54) is 6.42 Å². The Balaban J connectivity index is 2.61. The molecule has 0 heterocycles. The first-order valence-electron chi connectivity index (χ1n) is 5.77. The van der Waals surface area contributed by atoms with Crippen molar-refractivity contribution in [3.05, 3.63) is 0 Å². The summed E-state index contributed by atoms with van der Waals surface area (Å²) >= 11 is 0. The molecule has 0 aromatic carbocycles. The van der Waals surface area contributed by atoms with Crippen LogP contribution >= 0.6 is 0 Å². The number of methoxy groups -OCH3 is 1. The van der Waals surface area contributed by atoms with Gasteiger partial charge < -0.3 is 4.74 Å². The fourth-order valence-corrected chi connectivity index (χ4v) is 2.47. The highest BCUT2D eigenvalue weighted by atomic mass is 16.5. The van der Waals surface area contributed by atoms with E-state index in [1.807, 2.05) is 6.92 Å². The second-order valence-corrected chi connectivity index (χ2v) is 4.33. The number of carbonyl (C=O) groups excluding carboxylic acids is 1. The second-order valence-electron chi connectivity index (χ2n) is 4.33. The fraction of sp³-hybridized carbons (Fsp3) is 0.917. The van der Waals surface area contributed by atoms with Crippen molar-refractivity contribution in [2.75, 3.05) is 7.11 Å². The van der Waals surface area contributed by atoms with Gasteiger partial charge in [-0.1, -0.05) is 20.3 Å². The van der Waals surface area contributed by atoms with Crippen molar-refractivity contribution < 1.29 is 9.53 Å². The topological polar surface area (TPSA) is 26.3 Å². The Labute approximate surface area is 87.0 Å². The molecule has 0 saturated heterocycles. The van der Waals surface area contributed by atoms with Crippen LogP contribution in [0.25, 0.3) is 0 Å². The van der Waals surface area contributed by atoms with E-state index in [2.05, 4.69) is 6.92 Å². The third kappa shape index (κ3) is 2.17. The van der Waals surface area contributed by atoms with Crippen LogP contribution in [0.4, 0.5) is 0 Å². The number of ether oxygens (including phenoxy) is 1. The van der Waals surface area contributed by atoms with Gasteiger partial charge in [0.1, 0.15) is 5.60 Å². The van der Waals surface area contributed by atoms with Gasteiger partial charge in [-0.25, -0.2) is 0 Å². The maximum absolute atomic E-state index is 11.8. The first-order chi connectivity index (χ1) is 6.68. The van der Waals surface area contributed by atoms with Gasteiger partial charge in [0.05, 0.1) is 0 Å². The van der Waals surface area contributed by atoms with Crippen molar-refractivity contribution in [2.24, 2.45) is 5.92 Å². The van der Waals surface area contributed by atoms with Crippen LogP contribution in [0.3, 0.4) is 0 Å². The number of hydrogen-bond acceptors (Lipinski definition) is 2. The van der Waals surface area contributed by atoms with Crippen LogP contribution < -0.4 is 0 Å². The van der Waals surface area contributed by atoms with E-state index in [9.17, 15) is 4.79 Å². The quantitative estimate of drug-likeness (QED) is 0.694. The van der Waals surface area contributed by atoms with Crippen molar-refractivity contribution in [2.45, 2.75) is 58.0 Å². The Morgan fingerprint density at radius 3 is 2.29 bits per heavy atom. The molecule has 0 radical (unpaired) electrons. The van der Waals surface area contributed by atoms with Crippen molar-refractivity contribution in [1.82, 2.24) is 0 Å². The molecule has 14 heavy (non-hydrogen) atoms. The minimum Gasteiger partial charge on any atom is -0.370 e. The first kappa shape index (κ1) is 11.7. The lowest BCUT2D eigenvalue weighted by molar-refractivity contribution is -0.146. The molecule has 0 aromatic heterocycles. The number of ketones is 1. The highest BCUT2D eigenvalue weighted by Crippen LogP contribution is 2.37. The lowest BCUT2D eigenvalue weighted by Crippen LogP contribution is -2.43. The molecule has 0 amide bonds. The van der Waals surface area contributed by atoms with Crippen LogP contribution in [0.2, 0.25) is 0 Å². The molecule has 1 aliphatic carbocycles. The van der Waals surface area contributed by atoms with E-state index in [4.69, 9.17) is 4.74 Å². The van der Waals surface area contributed by atoms with E-state index in [0.29, 0.717) is 6.42 Å².